The number of nitrogens with zero attached hydrogens (tertiary/aromatic N) is 1. The average molecular weight is 413 g/mol. The lowest BCUT2D eigenvalue weighted by molar-refractivity contribution is 0.139. The minimum Gasteiger partial charge on any atom is -0.490 e. The number of ether oxygens (including phenoxy) is 2. The van der Waals surface area contributed by atoms with E-state index in [0.29, 0.717) is 31.3 Å². The summed E-state index contributed by atoms with van der Waals surface area (Å²) in [6, 6.07) is 4.75. The molecule has 7 heteroatoms. The number of hydrogen-bond acceptors (Lipinski definition) is 5. The van der Waals surface area contributed by atoms with E-state index in [1.54, 1.807) is 12.1 Å². The van der Waals surface area contributed by atoms with Crippen LogP contribution in [0.1, 0.15) is 47.0 Å². The van der Waals surface area contributed by atoms with Crippen LogP contribution < -0.4 is 14.2 Å². The summed E-state index contributed by atoms with van der Waals surface area (Å²) in [7, 11) is -3.55. The molecule has 1 aromatic rings. The molecule has 28 heavy (non-hydrogen) atoms. The van der Waals surface area contributed by atoms with E-state index in [1.165, 1.54) is 12.5 Å². The maximum Gasteiger partial charge on any atom is 0.240 e. The summed E-state index contributed by atoms with van der Waals surface area (Å²) in [5.41, 5.74) is 0. The summed E-state index contributed by atoms with van der Waals surface area (Å²) >= 11 is 0. The van der Waals surface area contributed by atoms with Gasteiger partial charge in [-0.2, -0.15) is 0 Å². The van der Waals surface area contributed by atoms with Crippen molar-refractivity contribution in [1.82, 2.24) is 9.62 Å². The number of benzene rings is 1. The Labute approximate surface area is 170 Å². The molecule has 0 radical (unpaired) electrons. The van der Waals surface area contributed by atoms with E-state index in [1.807, 2.05) is 13.8 Å². The molecule has 0 aliphatic carbocycles. The van der Waals surface area contributed by atoms with Crippen LogP contribution in [0, 0.1) is 11.8 Å². The summed E-state index contributed by atoms with van der Waals surface area (Å²) in [5, 5.41) is 0. The quantitative estimate of drug-likeness (QED) is 0.563. The first-order valence-corrected chi connectivity index (χ1v) is 12.0. The lowest BCUT2D eigenvalue weighted by atomic mass is 9.92. The Balaban J connectivity index is 1.83. The molecule has 2 rings (SSSR count). The summed E-state index contributed by atoms with van der Waals surface area (Å²) in [6.07, 6.45) is 3.13. The molecule has 2 unspecified atom stereocenters. The standard InChI is InChI=1S/C21H36N2O4S/c1-5-26-20-10-9-19(14-21(20)27-6-2)28(24,25)22-11-7-8-12-23-15-17(3)13-18(4)16-23/h9-10,14,17-18,22H,5-8,11-13,15-16H2,1-4H3. The van der Waals surface area contributed by atoms with Gasteiger partial charge in [0, 0.05) is 25.7 Å². The van der Waals surface area contributed by atoms with Crippen LogP contribution in [-0.2, 0) is 10.0 Å². The van der Waals surface area contributed by atoms with Gasteiger partial charge in [-0.3, -0.25) is 0 Å². The molecule has 0 aromatic heterocycles. The van der Waals surface area contributed by atoms with E-state index < -0.39 is 10.0 Å². The zero-order chi connectivity index (χ0) is 20.6. The highest BCUT2D eigenvalue weighted by molar-refractivity contribution is 7.89. The normalized spacial score (nSPS) is 20.9. The third-order valence-electron chi connectivity index (χ3n) is 4.96. The minimum absolute atomic E-state index is 0.207. The van der Waals surface area contributed by atoms with Crippen LogP contribution in [-0.4, -0.2) is 52.7 Å². The van der Waals surface area contributed by atoms with Gasteiger partial charge in [0.15, 0.2) is 11.5 Å². The Bertz CT molecular complexity index is 698. The fourth-order valence-corrected chi connectivity index (χ4v) is 5.01. The Morgan fingerprint density at radius 2 is 1.68 bits per heavy atom. The first-order valence-electron chi connectivity index (χ1n) is 10.5. The molecule has 0 bridgehead atoms. The molecule has 1 aromatic carbocycles. The molecular weight excluding hydrogens is 376 g/mol. The van der Waals surface area contributed by atoms with E-state index in [2.05, 4.69) is 23.5 Å². The largest absolute Gasteiger partial charge is 0.490 e. The molecular formula is C21H36N2O4S. The number of hydrogen-bond donors (Lipinski definition) is 1. The SMILES string of the molecule is CCOc1ccc(S(=O)(=O)NCCCCN2CC(C)CC(C)C2)cc1OCC. The Morgan fingerprint density at radius 3 is 2.32 bits per heavy atom. The summed E-state index contributed by atoms with van der Waals surface area (Å²) in [4.78, 5) is 2.71. The van der Waals surface area contributed by atoms with Crippen LogP contribution >= 0.6 is 0 Å². The molecule has 6 nitrogen and oxygen atoms in total. The van der Waals surface area contributed by atoms with Gasteiger partial charge in [-0.25, -0.2) is 13.1 Å². The molecule has 160 valence electrons. The van der Waals surface area contributed by atoms with E-state index in [0.717, 1.165) is 44.3 Å². The Hall–Kier alpha value is -1.31. The van der Waals surface area contributed by atoms with Gasteiger partial charge >= 0.3 is 0 Å². The van der Waals surface area contributed by atoms with Gasteiger partial charge < -0.3 is 14.4 Å². The smallest absolute Gasteiger partial charge is 0.240 e. The van der Waals surface area contributed by atoms with E-state index in [4.69, 9.17) is 9.47 Å². The zero-order valence-corrected chi connectivity index (χ0v) is 18.6. The van der Waals surface area contributed by atoms with Crippen LogP contribution in [0.25, 0.3) is 0 Å². The molecule has 1 aliphatic rings. The maximum absolute atomic E-state index is 12.6. The van der Waals surface area contributed by atoms with Crippen molar-refractivity contribution in [2.24, 2.45) is 11.8 Å². The predicted molar refractivity (Wildman–Crippen MR) is 113 cm³/mol. The summed E-state index contributed by atoms with van der Waals surface area (Å²) in [6.45, 7) is 13.1. The number of unbranched alkanes of at least 4 members (excludes halogenated alkanes) is 1. The number of nitrogens with one attached hydrogen (secondary N) is 1. The van der Waals surface area contributed by atoms with Crippen molar-refractivity contribution in [2.75, 3.05) is 39.4 Å². The summed E-state index contributed by atoms with van der Waals surface area (Å²) < 4.78 is 38.9. The first kappa shape index (κ1) is 23.0. The molecule has 0 spiro atoms. The average Bonchev–Trinajstić information content (AvgIpc) is 2.62. The van der Waals surface area contributed by atoms with E-state index >= 15 is 0 Å². The lowest BCUT2D eigenvalue weighted by Crippen LogP contribution is -2.39. The topological polar surface area (TPSA) is 67.9 Å². The van der Waals surface area contributed by atoms with E-state index in [9.17, 15) is 8.42 Å². The highest BCUT2D eigenvalue weighted by Crippen LogP contribution is 2.30. The van der Waals surface area contributed by atoms with Crippen LogP contribution in [0.3, 0.4) is 0 Å². The summed E-state index contributed by atoms with van der Waals surface area (Å²) in [5.74, 6) is 2.52. The van der Waals surface area contributed by atoms with Crippen molar-refractivity contribution in [2.45, 2.75) is 51.9 Å². The molecule has 0 saturated carbocycles. The van der Waals surface area contributed by atoms with Crippen molar-refractivity contribution < 1.29 is 17.9 Å². The molecule has 1 saturated heterocycles. The van der Waals surface area contributed by atoms with Gasteiger partial charge in [-0.15, -0.1) is 0 Å². The van der Waals surface area contributed by atoms with Crippen LogP contribution in [0.2, 0.25) is 0 Å². The van der Waals surface area contributed by atoms with Gasteiger partial charge in [0.25, 0.3) is 0 Å². The highest BCUT2D eigenvalue weighted by Gasteiger charge is 2.21. The number of likely N-dealkylation sites (tertiary alicyclic amines) is 1. The molecule has 1 heterocycles. The number of piperidine rings is 1. The van der Waals surface area contributed by atoms with Crippen molar-refractivity contribution in [3.05, 3.63) is 18.2 Å². The molecule has 1 fully saturated rings. The van der Waals surface area contributed by atoms with Gasteiger partial charge in [-0.1, -0.05) is 13.8 Å². The molecule has 1 aliphatic heterocycles. The molecule has 0 amide bonds. The highest BCUT2D eigenvalue weighted by atomic mass is 32.2. The van der Waals surface area contributed by atoms with Crippen molar-refractivity contribution >= 4 is 10.0 Å². The second-order valence-corrected chi connectivity index (χ2v) is 9.55. The number of rotatable bonds is 11. The van der Waals surface area contributed by atoms with Crippen LogP contribution in [0.5, 0.6) is 11.5 Å². The third kappa shape index (κ3) is 6.94. The molecule has 2 atom stereocenters. The fourth-order valence-electron chi connectivity index (χ4n) is 3.92. The van der Waals surface area contributed by atoms with Gasteiger partial charge in [0.05, 0.1) is 18.1 Å². The van der Waals surface area contributed by atoms with Crippen LogP contribution in [0.4, 0.5) is 0 Å². The second kappa shape index (κ2) is 11.0. The van der Waals surface area contributed by atoms with Crippen molar-refractivity contribution in [3.8, 4) is 11.5 Å². The van der Waals surface area contributed by atoms with Crippen molar-refractivity contribution in [3.63, 3.8) is 0 Å². The third-order valence-corrected chi connectivity index (χ3v) is 6.42. The van der Waals surface area contributed by atoms with Gasteiger partial charge in [0.1, 0.15) is 0 Å². The van der Waals surface area contributed by atoms with Crippen LogP contribution in [0.15, 0.2) is 23.1 Å². The van der Waals surface area contributed by atoms with Gasteiger partial charge in [-0.05, 0) is 63.6 Å². The zero-order valence-electron chi connectivity index (χ0n) is 17.7. The number of sulfonamides is 1. The Morgan fingerprint density at radius 1 is 1.04 bits per heavy atom. The molecule has 1 N–H and O–H groups in total. The second-order valence-electron chi connectivity index (χ2n) is 7.79. The van der Waals surface area contributed by atoms with Crippen molar-refractivity contribution in [1.29, 1.82) is 0 Å². The van der Waals surface area contributed by atoms with Gasteiger partial charge in [0.2, 0.25) is 10.0 Å². The monoisotopic (exact) mass is 412 g/mol. The lowest BCUT2D eigenvalue weighted by Gasteiger charge is -2.34. The van der Waals surface area contributed by atoms with E-state index in [-0.39, 0.29) is 4.90 Å². The maximum atomic E-state index is 12.6. The minimum atomic E-state index is -3.55. The fraction of sp³-hybridized carbons (Fsp3) is 0.714. The first-order chi connectivity index (χ1) is 13.4. The predicted octanol–water partition coefficient (Wildman–Crippen LogP) is 3.52. The Kier molecular flexibility index (Phi) is 9.05.